The van der Waals surface area contributed by atoms with E-state index in [1.807, 2.05) is 41.0 Å². The standard InChI is InChI=1S/C21H30N2O3/c1-2-20(24)23-13-7-8-17(15-23)16-26-19-10-6-9-18(14-19)21(25)22-11-4-3-5-12-22/h6,9-10,14,17H,2-5,7-8,11-13,15-16H2,1H3/t17-/m1/s1. The molecule has 3 rings (SSSR count). The molecule has 0 saturated carbocycles. The first-order chi connectivity index (χ1) is 12.7. The molecule has 1 atom stereocenters. The first kappa shape index (κ1) is 18.7. The van der Waals surface area contributed by atoms with Crippen molar-refractivity contribution in [1.29, 1.82) is 0 Å². The van der Waals surface area contributed by atoms with Gasteiger partial charge in [-0.05, 0) is 50.3 Å². The van der Waals surface area contributed by atoms with Gasteiger partial charge in [0.1, 0.15) is 5.75 Å². The maximum atomic E-state index is 12.6. The van der Waals surface area contributed by atoms with E-state index in [2.05, 4.69) is 0 Å². The molecule has 2 saturated heterocycles. The molecule has 5 heteroatoms. The molecule has 2 aliphatic heterocycles. The van der Waals surface area contributed by atoms with Gasteiger partial charge < -0.3 is 14.5 Å². The number of rotatable bonds is 5. The molecular weight excluding hydrogens is 328 g/mol. The maximum Gasteiger partial charge on any atom is 0.253 e. The minimum absolute atomic E-state index is 0.104. The van der Waals surface area contributed by atoms with Crippen LogP contribution in [0.1, 0.15) is 55.8 Å². The normalized spacial score (nSPS) is 20.7. The zero-order valence-electron chi connectivity index (χ0n) is 15.8. The quantitative estimate of drug-likeness (QED) is 0.811. The van der Waals surface area contributed by atoms with Gasteiger partial charge in [-0.25, -0.2) is 0 Å². The van der Waals surface area contributed by atoms with Crippen molar-refractivity contribution in [3.05, 3.63) is 29.8 Å². The molecule has 0 aromatic heterocycles. The predicted molar refractivity (Wildman–Crippen MR) is 101 cm³/mol. The number of carbonyl (C=O) groups excluding carboxylic acids is 2. The van der Waals surface area contributed by atoms with Crippen molar-refractivity contribution in [1.82, 2.24) is 9.80 Å². The Labute approximate surface area is 156 Å². The van der Waals surface area contributed by atoms with E-state index < -0.39 is 0 Å². The van der Waals surface area contributed by atoms with E-state index in [0.29, 0.717) is 24.5 Å². The maximum absolute atomic E-state index is 12.6. The highest BCUT2D eigenvalue weighted by Gasteiger charge is 2.23. The summed E-state index contributed by atoms with van der Waals surface area (Å²) in [6.07, 6.45) is 6.08. The average Bonchev–Trinajstić information content (AvgIpc) is 2.72. The van der Waals surface area contributed by atoms with Crippen LogP contribution >= 0.6 is 0 Å². The SMILES string of the molecule is CCC(=O)N1CCC[C@@H](COc2cccc(C(=O)N3CCCCC3)c2)C1. The Bertz CT molecular complexity index is 625. The molecule has 0 aliphatic carbocycles. The fourth-order valence-electron chi connectivity index (χ4n) is 3.86. The lowest BCUT2D eigenvalue weighted by atomic mass is 9.98. The molecule has 2 aliphatic rings. The van der Waals surface area contributed by atoms with Crippen LogP contribution in [0.2, 0.25) is 0 Å². The fourth-order valence-corrected chi connectivity index (χ4v) is 3.86. The zero-order valence-corrected chi connectivity index (χ0v) is 15.8. The monoisotopic (exact) mass is 358 g/mol. The minimum Gasteiger partial charge on any atom is -0.493 e. The summed E-state index contributed by atoms with van der Waals surface area (Å²) in [7, 11) is 0. The van der Waals surface area contributed by atoms with E-state index in [-0.39, 0.29) is 11.8 Å². The number of piperidine rings is 2. The lowest BCUT2D eigenvalue weighted by Gasteiger charge is -2.32. The number of likely N-dealkylation sites (tertiary alicyclic amines) is 2. The average molecular weight is 358 g/mol. The van der Waals surface area contributed by atoms with Crippen molar-refractivity contribution in [2.75, 3.05) is 32.8 Å². The second-order valence-corrected chi connectivity index (χ2v) is 7.39. The van der Waals surface area contributed by atoms with E-state index in [1.54, 1.807) is 0 Å². The summed E-state index contributed by atoms with van der Waals surface area (Å²) in [5.41, 5.74) is 0.704. The van der Waals surface area contributed by atoms with Crippen LogP contribution < -0.4 is 4.74 Å². The molecular formula is C21H30N2O3. The van der Waals surface area contributed by atoms with Gasteiger partial charge in [-0.1, -0.05) is 13.0 Å². The highest BCUT2D eigenvalue weighted by molar-refractivity contribution is 5.94. The van der Waals surface area contributed by atoms with Crippen molar-refractivity contribution in [2.45, 2.75) is 45.4 Å². The van der Waals surface area contributed by atoms with Gasteiger partial charge in [0, 0.05) is 44.1 Å². The molecule has 26 heavy (non-hydrogen) atoms. The number of carbonyl (C=O) groups is 2. The Kier molecular flexibility index (Phi) is 6.53. The molecule has 2 fully saturated rings. The molecule has 0 unspecified atom stereocenters. The van der Waals surface area contributed by atoms with Crippen LogP contribution in [-0.4, -0.2) is 54.4 Å². The van der Waals surface area contributed by atoms with Crippen molar-refractivity contribution < 1.29 is 14.3 Å². The van der Waals surface area contributed by atoms with Crippen LogP contribution in [0.3, 0.4) is 0 Å². The number of benzene rings is 1. The lowest BCUT2D eigenvalue weighted by molar-refractivity contribution is -0.132. The second-order valence-electron chi connectivity index (χ2n) is 7.39. The minimum atomic E-state index is 0.104. The van der Waals surface area contributed by atoms with Crippen molar-refractivity contribution in [3.63, 3.8) is 0 Å². The number of hydrogen-bond acceptors (Lipinski definition) is 3. The van der Waals surface area contributed by atoms with Crippen LogP contribution in [0.5, 0.6) is 5.75 Å². The first-order valence-corrected chi connectivity index (χ1v) is 9.97. The van der Waals surface area contributed by atoms with Gasteiger partial charge in [-0.3, -0.25) is 9.59 Å². The fraction of sp³-hybridized carbons (Fsp3) is 0.619. The van der Waals surface area contributed by atoms with Gasteiger partial charge in [0.05, 0.1) is 6.61 Å². The smallest absolute Gasteiger partial charge is 0.253 e. The van der Waals surface area contributed by atoms with E-state index >= 15 is 0 Å². The molecule has 142 valence electrons. The summed E-state index contributed by atoms with van der Waals surface area (Å²) in [5.74, 6) is 1.43. The molecule has 1 aromatic carbocycles. The topological polar surface area (TPSA) is 49.9 Å². The van der Waals surface area contributed by atoms with E-state index in [1.165, 1.54) is 6.42 Å². The number of amides is 2. The van der Waals surface area contributed by atoms with Crippen molar-refractivity contribution in [3.8, 4) is 5.75 Å². The van der Waals surface area contributed by atoms with Crippen LogP contribution in [0.15, 0.2) is 24.3 Å². The highest BCUT2D eigenvalue weighted by Crippen LogP contribution is 2.21. The van der Waals surface area contributed by atoms with Crippen LogP contribution in [0.4, 0.5) is 0 Å². The molecule has 1 aromatic rings. The Morgan fingerprint density at radius 1 is 1.08 bits per heavy atom. The van der Waals surface area contributed by atoms with E-state index in [4.69, 9.17) is 4.74 Å². The lowest BCUT2D eigenvalue weighted by Crippen LogP contribution is -2.41. The molecule has 2 heterocycles. The number of ether oxygens (including phenoxy) is 1. The zero-order chi connectivity index (χ0) is 18.4. The van der Waals surface area contributed by atoms with Gasteiger partial charge in [0.25, 0.3) is 5.91 Å². The molecule has 0 radical (unpaired) electrons. The van der Waals surface area contributed by atoms with E-state index in [0.717, 1.165) is 57.6 Å². The largest absolute Gasteiger partial charge is 0.493 e. The van der Waals surface area contributed by atoms with Gasteiger partial charge >= 0.3 is 0 Å². The third kappa shape index (κ3) is 4.77. The predicted octanol–water partition coefficient (Wildman–Crippen LogP) is 3.34. The molecule has 5 nitrogen and oxygen atoms in total. The summed E-state index contributed by atoms with van der Waals surface area (Å²) >= 11 is 0. The van der Waals surface area contributed by atoms with Gasteiger partial charge in [-0.15, -0.1) is 0 Å². The Hall–Kier alpha value is -2.04. The number of nitrogens with zero attached hydrogens (tertiary/aromatic N) is 2. The van der Waals surface area contributed by atoms with Gasteiger partial charge in [0.15, 0.2) is 0 Å². The van der Waals surface area contributed by atoms with Crippen molar-refractivity contribution >= 4 is 11.8 Å². The van der Waals surface area contributed by atoms with Crippen LogP contribution in [0, 0.1) is 5.92 Å². The molecule has 0 N–H and O–H groups in total. The third-order valence-electron chi connectivity index (χ3n) is 5.38. The highest BCUT2D eigenvalue weighted by atomic mass is 16.5. The van der Waals surface area contributed by atoms with Crippen LogP contribution in [-0.2, 0) is 4.79 Å². The Balaban J connectivity index is 1.55. The summed E-state index contributed by atoms with van der Waals surface area (Å²) in [6.45, 7) is 5.85. The molecule has 0 bridgehead atoms. The third-order valence-corrected chi connectivity index (χ3v) is 5.38. The van der Waals surface area contributed by atoms with E-state index in [9.17, 15) is 9.59 Å². The second kappa shape index (κ2) is 9.06. The van der Waals surface area contributed by atoms with Crippen molar-refractivity contribution in [2.24, 2.45) is 5.92 Å². The Morgan fingerprint density at radius 2 is 1.85 bits per heavy atom. The Morgan fingerprint density at radius 3 is 2.62 bits per heavy atom. The summed E-state index contributed by atoms with van der Waals surface area (Å²) in [5, 5.41) is 0. The summed E-state index contributed by atoms with van der Waals surface area (Å²) in [4.78, 5) is 28.4. The summed E-state index contributed by atoms with van der Waals surface area (Å²) in [6, 6.07) is 7.52. The number of hydrogen-bond donors (Lipinski definition) is 0. The van der Waals surface area contributed by atoms with Crippen LogP contribution in [0.25, 0.3) is 0 Å². The van der Waals surface area contributed by atoms with Gasteiger partial charge in [-0.2, -0.15) is 0 Å². The first-order valence-electron chi connectivity index (χ1n) is 9.97. The van der Waals surface area contributed by atoms with Gasteiger partial charge in [0.2, 0.25) is 5.91 Å². The molecule has 0 spiro atoms. The summed E-state index contributed by atoms with van der Waals surface area (Å²) < 4.78 is 5.98. The molecule has 2 amide bonds.